The number of fused-ring (bicyclic) bond motifs is 11. The van der Waals surface area contributed by atoms with Gasteiger partial charge in [0.25, 0.3) is 0 Å². The van der Waals surface area contributed by atoms with E-state index in [9.17, 15) is 0 Å². The average Bonchev–Trinajstić information content (AvgIpc) is 2.54. The summed E-state index contributed by atoms with van der Waals surface area (Å²) in [7, 11) is 0. The zero-order valence-corrected chi connectivity index (χ0v) is 48.8. The summed E-state index contributed by atoms with van der Waals surface area (Å²) in [4.78, 5) is 14.9. The first-order chi connectivity index (χ1) is 40.4. The summed E-state index contributed by atoms with van der Waals surface area (Å²) >= 11 is 3.49. The Labute approximate surface area is 493 Å². The maximum absolute atomic E-state index is 5.02. The lowest BCUT2D eigenvalue weighted by atomic mass is 9.81. The molecule has 16 rings (SSSR count). The first-order valence-corrected chi connectivity index (χ1v) is 30.4. The zero-order chi connectivity index (χ0) is 55.9. The van der Waals surface area contributed by atoms with Gasteiger partial charge in [-0.2, -0.15) is 0 Å². The predicted molar refractivity (Wildman–Crippen MR) is 351 cm³/mol. The summed E-state index contributed by atoms with van der Waals surface area (Å²) in [5.41, 5.74) is 28.9. The summed E-state index contributed by atoms with van der Waals surface area (Å²) in [5.74, 6) is 0. The normalized spacial score (nSPS) is 14.4. The van der Waals surface area contributed by atoms with E-state index >= 15 is 0 Å². The van der Waals surface area contributed by atoms with Gasteiger partial charge in [-0.05, 0) is 205 Å². The zero-order valence-electron chi connectivity index (χ0n) is 47.2. The van der Waals surface area contributed by atoms with E-state index in [2.05, 4.69) is 294 Å². The fourth-order valence-corrected chi connectivity index (χ4v) is 15.8. The fraction of sp³-hybridized carbons (Fsp3) is 0.117. The van der Waals surface area contributed by atoms with Crippen LogP contribution in [-0.4, -0.2) is 9.97 Å². The van der Waals surface area contributed by atoms with E-state index in [4.69, 9.17) is 9.97 Å². The molecule has 0 saturated heterocycles. The van der Waals surface area contributed by atoms with Crippen LogP contribution in [0.2, 0.25) is 0 Å². The van der Waals surface area contributed by atoms with Gasteiger partial charge < -0.3 is 9.80 Å². The lowest BCUT2D eigenvalue weighted by Gasteiger charge is -2.30. The molecule has 2 heterocycles. The lowest BCUT2D eigenvalue weighted by Crippen LogP contribution is -2.18. The van der Waals surface area contributed by atoms with E-state index in [1.807, 2.05) is 0 Å². The van der Waals surface area contributed by atoms with Crippen molar-refractivity contribution in [3.8, 4) is 65.6 Å². The van der Waals surface area contributed by atoms with Gasteiger partial charge in [-0.25, -0.2) is 9.97 Å². The number of thiazole rings is 2. The van der Waals surface area contributed by atoms with Crippen LogP contribution in [0.1, 0.15) is 74.9 Å². The average molecular weight is 1100 g/mol. The summed E-state index contributed by atoms with van der Waals surface area (Å²) < 4.78 is 2.40. The molecule has 0 bridgehead atoms. The van der Waals surface area contributed by atoms with E-state index in [0.29, 0.717) is 0 Å². The van der Waals surface area contributed by atoms with Crippen molar-refractivity contribution in [2.45, 2.75) is 57.8 Å². The van der Waals surface area contributed by atoms with Crippen molar-refractivity contribution in [2.75, 3.05) is 9.80 Å². The van der Waals surface area contributed by atoms with Gasteiger partial charge in [0.2, 0.25) is 0 Å². The van der Waals surface area contributed by atoms with E-state index in [0.717, 1.165) is 66.3 Å². The van der Waals surface area contributed by atoms with Crippen molar-refractivity contribution < 1.29 is 0 Å². The molecule has 2 aromatic heterocycles. The minimum Gasteiger partial charge on any atom is -0.310 e. The number of aromatic nitrogens is 2. The van der Waals surface area contributed by atoms with Gasteiger partial charge in [0.05, 0.1) is 20.4 Å². The molecule has 0 spiro atoms. The standard InChI is InChI=1S/C77H58N4S2/c1-75(2)63-17-9-7-15-57(63)60-40-36-54(44-66(60)75)80(52-32-25-48(26-33-52)73-78-69-19-11-13-21-71(69)82-73)51-30-23-47(24-31-51)50-29-39-59-62-42-38-56(46-68(62)77(5,6)65(59)43-50)81(53-34-27-49(28-35-53)74-79-70-20-12-14-22-72(70)83-74)55-37-41-61-58-16-8-10-18-64(58)76(3,4)67(61)45-55/h7-46H,1-6H3. The third-order valence-corrected chi connectivity index (χ3v) is 20.5. The third-order valence-electron chi connectivity index (χ3n) is 18.4. The Morgan fingerprint density at radius 1 is 0.265 bits per heavy atom. The van der Waals surface area contributed by atoms with Gasteiger partial charge in [0.1, 0.15) is 10.0 Å². The Kier molecular flexibility index (Phi) is 11.0. The highest BCUT2D eigenvalue weighted by molar-refractivity contribution is 7.22. The number of hydrogen-bond donors (Lipinski definition) is 0. The maximum Gasteiger partial charge on any atom is 0.124 e. The second kappa shape index (κ2) is 18.4. The van der Waals surface area contributed by atoms with Crippen LogP contribution in [0.4, 0.5) is 34.1 Å². The molecule has 0 unspecified atom stereocenters. The number of anilines is 6. The quantitative estimate of drug-likeness (QED) is 0.144. The van der Waals surface area contributed by atoms with Crippen LogP contribution in [0.3, 0.4) is 0 Å². The van der Waals surface area contributed by atoms with E-state index < -0.39 is 0 Å². The molecule has 398 valence electrons. The third kappa shape index (κ3) is 7.76. The minimum absolute atomic E-state index is 0.130. The van der Waals surface area contributed by atoms with Crippen molar-refractivity contribution >= 4 is 77.2 Å². The topological polar surface area (TPSA) is 32.3 Å². The van der Waals surface area contributed by atoms with Crippen LogP contribution in [0.25, 0.3) is 86.1 Å². The Morgan fingerprint density at radius 2 is 0.566 bits per heavy atom. The van der Waals surface area contributed by atoms with Crippen molar-refractivity contribution in [2.24, 2.45) is 0 Å². The molecule has 13 aromatic rings. The molecule has 6 heteroatoms. The molecule has 0 fully saturated rings. The molecule has 3 aliphatic carbocycles. The van der Waals surface area contributed by atoms with E-state index in [1.165, 1.54) is 87.3 Å². The molecule has 0 radical (unpaired) electrons. The SMILES string of the molecule is CC1(C)c2ccccc2-c2ccc(N(c3ccc(-c4ccc5c(c4)C(C)(C)c4cc(N(c6ccc(-c7nc8ccccc8s7)cc6)c6ccc7c(c6)C(C)(C)c6ccccc6-7)ccc4-5)cc3)c3ccc(-c4nc5ccccc5s4)cc3)cc21. The Balaban J connectivity index is 0.746. The van der Waals surface area contributed by atoms with Crippen molar-refractivity contribution in [3.05, 3.63) is 276 Å². The number of nitrogens with zero attached hydrogens (tertiary/aromatic N) is 4. The first-order valence-electron chi connectivity index (χ1n) is 28.8. The van der Waals surface area contributed by atoms with E-state index in [-0.39, 0.29) is 16.2 Å². The molecule has 4 nitrogen and oxygen atoms in total. The highest BCUT2D eigenvalue weighted by Crippen LogP contribution is 2.55. The first kappa shape index (κ1) is 49.6. The smallest absolute Gasteiger partial charge is 0.124 e. The van der Waals surface area contributed by atoms with Crippen LogP contribution in [-0.2, 0) is 16.2 Å². The molecule has 0 atom stereocenters. The largest absolute Gasteiger partial charge is 0.310 e. The van der Waals surface area contributed by atoms with Crippen molar-refractivity contribution in [3.63, 3.8) is 0 Å². The highest BCUT2D eigenvalue weighted by atomic mass is 32.1. The van der Waals surface area contributed by atoms with Gasteiger partial charge in [-0.15, -0.1) is 22.7 Å². The fourth-order valence-electron chi connectivity index (χ4n) is 13.9. The maximum atomic E-state index is 5.02. The number of rotatable bonds is 9. The molecule has 3 aliphatic rings. The van der Waals surface area contributed by atoms with Gasteiger partial charge in [0.15, 0.2) is 0 Å². The van der Waals surface area contributed by atoms with Crippen molar-refractivity contribution in [1.82, 2.24) is 9.97 Å². The minimum atomic E-state index is -0.268. The van der Waals surface area contributed by atoms with Crippen LogP contribution in [0.5, 0.6) is 0 Å². The Hall–Kier alpha value is -9.20. The molecule has 11 aromatic carbocycles. The molecular weight excluding hydrogens is 1050 g/mol. The summed E-state index contributed by atoms with van der Waals surface area (Å²) in [6, 6.07) is 90.1. The summed E-state index contributed by atoms with van der Waals surface area (Å²) in [6.07, 6.45) is 0. The summed E-state index contributed by atoms with van der Waals surface area (Å²) in [6.45, 7) is 14.3. The van der Waals surface area contributed by atoms with Gasteiger partial charge in [-0.1, -0.05) is 157 Å². The second-order valence-corrected chi connectivity index (χ2v) is 26.3. The number of benzene rings is 11. The monoisotopic (exact) mass is 1100 g/mol. The van der Waals surface area contributed by atoms with Gasteiger partial charge in [0, 0.05) is 61.5 Å². The van der Waals surface area contributed by atoms with Crippen molar-refractivity contribution in [1.29, 1.82) is 0 Å². The van der Waals surface area contributed by atoms with Crippen LogP contribution in [0, 0.1) is 0 Å². The number of para-hydroxylation sites is 2. The molecule has 0 N–H and O–H groups in total. The molecule has 83 heavy (non-hydrogen) atoms. The lowest BCUT2D eigenvalue weighted by molar-refractivity contribution is 0.660. The Bertz CT molecular complexity index is 4700. The molecular formula is C77H58N4S2. The predicted octanol–water partition coefficient (Wildman–Crippen LogP) is 21.8. The van der Waals surface area contributed by atoms with Gasteiger partial charge >= 0.3 is 0 Å². The second-order valence-electron chi connectivity index (χ2n) is 24.2. The molecule has 0 saturated carbocycles. The Morgan fingerprint density at radius 3 is 0.988 bits per heavy atom. The molecule has 0 amide bonds. The van der Waals surface area contributed by atoms with Crippen LogP contribution >= 0.6 is 22.7 Å². The van der Waals surface area contributed by atoms with E-state index in [1.54, 1.807) is 22.7 Å². The molecule has 0 aliphatic heterocycles. The highest BCUT2D eigenvalue weighted by Gasteiger charge is 2.39. The van der Waals surface area contributed by atoms with Gasteiger partial charge in [-0.3, -0.25) is 0 Å². The van der Waals surface area contributed by atoms with Crippen LogP contribution < -0.4 is 9.80 Å². The summed E-state index contributed by atoms with van der Waals surface area (Å²) in [5, 5.41) is 2.06. The van der Waals surface area contributed by atoms with Crippen LogP contribution in [0.15, 0.2) is 243 Å². The number of hydrogen-bond acceptors (Lipinski definition) is 6.